The molecule has 1 aliphatic carbocycles. The third-order valence-electron chi connectivity index (χ3n) is 4.86. The predicted molar refractivity (Wildman–Crippen MR) is 103 cm³/mol. The van der Waals surface area contributed by atoms with Crippen molar-refractivity contribution in [2.24, 2.45) is 0 Å². The minimum atomic E-state index is -0.453. The van der Waals surface area contributed by atoms with Crippen LogP contribution in [0.15, 0.2) is 30.3 Å². The number of amides is 1. The van der Waals surface area contributed by atoms with Gasteiger partial charge in [0, 0.05) is 5.69 Å². The third-order valence-corrected chi connectivity index (χ3v) is 4.86. The topological polar surface area (TPSA) is 55.4 Å². The van der Waals surface area contributed by atoms with Crippen LogP contribution in [0.3, 0.4) is 0 Å². The maximum Gasteiger partial charge on any atom is 0.338 e. The molecule has 136 valence electrons. The third kappa shape index (κ3) is 4.13. The molecule has 0 saturated carbocycles. The number of hydrogen-bond donors (Lipinski definition) is 1. The molecule has 4 nitrogen and oxygen atoms in total. The fourth-order valence-electron chi connectivity index (χ4n) is 3.63. The second kappa shape index (κ2) is 7.73. The van der Waals surface area contributed by atoms with E-state index in [2.05, 4.69) is 5.32 Å². The summed E-state index contributed by atoms with van der Waals surface area (Å²) in [5.74, 6) is -0.780. The van der Waals surface area contributed by atoms with Gasteiger partial charge in [0.05, 0.1) is 5.56 Å². The van der Waals surface area contributed by atoms with Crippen LogP contribution in [-0.4, -0.2) is 18.5 Å². The Kier molecular flexibility index (Phi) is 5.40. The summed E-state index contributed by atoms with van der Waals surface area (Å²) in [7, 11) is 0. The second-order valence-electron chi connectivity index (χ2n) is 7.09. The maximum absolute atomic E-state index is 12.3. The average molecular weight is 351 g/mol. The van der Waals surface area contributed by atoms with Gasteiger partial charge in [-0.25, -0.2) is 4.79 Å². The zero-order valence-corrected chi connectivity index (χ0v) is 15.6. The Bertz CT molecular complexity index is 831. The Morgan fingerprint density at radius 2 is 1.62 bits per heavy atom. The standard InChI is InChI=1S/C22H25NO3/c1-14-10-15(2)21(16(3)11-14)23-20(24)13-26-22(25)19-9-8-17-6-4-5-7-18(17)12-19/h8-12H,4-7,13H2,1-3H3,(H,23,24). The average Bonchev–Trinajstić information content (AvgIpc) is 2.62. The van der Waals surface area contributed by atoms with Crippen LogP contribution in [0.25, 0.3) is 0 Å². The number of benzene rings is 2. The normalized spacial score (nSPS) is 13.0. The molecule has 0 radical (unpaired) electrons. The zero-order valence-electron chi connectivity index (χ0n) is 15.6. The Labute approximate surface area is 154 Å². The molecule has 1 N–H and O–H groups in total. The van der Waals surface area contributed by atoms with E-state index in [4.69, 9.17) is 4.74 Å². The van der Waals surface area contributed by atoms with E-state index in [1.54, 1.807) is 6.07 Å². The highest BCUT2D eigenvalue weighted by atomic mass is 16.5. The first-order chi connectivity index (χ1) is 12.4. The number of fused-ring (bicyclic) bond motifs is 1. The van der Waals surface area contributed by atoms with E-state index >= 15 is 0 Å². The van der Waals surface area contributed by atoms with E-state index in [9.17, 15) is 9.59 Å². The largest absolute Gasteiger partial charge is 0.452 e. The van der Waals surface area contributed by atoms with Gasteiger partial charge in [-0.15, -0.1) is 0 Å². The first kappa shape index (κ1) is 18.2. The highest BCUT2D eigenvalue weighted by Gasteiger charge is 2.15. The van der Waals surface area contributed by atoms with Crippen molar-refractivity contribution in [2.45, 2.75) is 46.5 Å². The molecule has 2 aromatic rings. The molecule has 4 heteroatoms. The molecule has 0 aliphatic heterocycles. The Balaban J connectivity index is 1.60. The van der Waals surface area contributed by atoms with Crippen LogP contribution in [0.1, 0.15) is 51.0 Å². The highest BCUT2D eigenvalue weighted by molar-refractivity contribution is 5.96. The van der Waals surface area contributed by atoms with Crippen molar-refractivity contribution in [3.8, 4) is 0 Å². The lowest BCUT2D eigenvalue weighted by Gasteiger charge is -2.16. The number of aryl methyl sites for hydroxylation is 5. The summed E-state index contributed by atoms with van der Waals surface area (Å²) in [5.41, 5.74) is 6.98. The van der Waals surface area contributed by atoms with Crippen molar-refractivity contribution in [3.05, 3.63) is 63.7 Å². The summed E-state index contributed by atoms with van der Waals surface area (Å²) in [5, 5.41) is 2.85. The van der Waals surface area contributed by atoms with Crippen LogP contribution in [0.2, 0.25) is 0 Å². The van der Waals surface area contributed by atoms with Gasteiger partial charge in [0.15, 0.2) is 6.61 Å². The summed E-state index contributed by atoms with van der Waals surface area (Å²) in [6.07, 6.45) is 4.43. The number of anilines is 1. The van der Waals surface area contributed by atoms with Crippen LogP contribution in [0, 0.1) is 20.8 Å². The van der Waals surface area contributed by atoms with E-state index in [0.29, 0.717) is 5.56 Å². The first-order valence-corrected chi connectivity index (χ1v) is 9.10. The number of nitrogens with one attached hydrogen (secondary N) is 1. The number of carbonyl (C=O) groups is 2. The van der Waals surface area contributed by atoms with Crippen LogP contribution >= 0.6 is 0 Å². The number of rotatable bonds is 4. The first-order valence-electron chi connectivity index (χ1n) is 9.10. The lowest BCUT2D eigenvalue weighted by molar-refractivity contribution is -0.119. The number of esters is 1. The van der Waals surface area contributed by atoms with Gasteiger partial charge in [-0.05, 0) is 80.8 Å². The molecule has 0 saturated heterocycles. The molecular formula is C22H25NO3. The smallest absolute Gasteiger partial charge is 0.338 e. The fraction of sp³-hybridized carbons (Fsp3) is 0.364. The zero-order chi connectivity index (χ0) is 18.7. The van der Waals surface area contributed by atoms with Crippen molar-refractivity contribution in [2.75, 3.05) is 11.9 Å². The van der Waals surface area contributed by atoms with Gasteiger partial charge in [0.1, 0.15) is 0 Å². The maximum atomic E-state index is 12.3. The monoisotopic (exact) mass is 351 g/mol. The Morgan fingerprint density at radius 3 is 2.31 bits per heavy atom. The van der Waals surface area contributed by atoms with Crippen molar-refractivity contribution in [1.82, 2.24) is 0 Å². The minimum Gasteiger partial charge on any atom is -0.452 e. The Morgan fingerprint density at radius 1 is 0.962 bits per heavy atom. The quantitative estimate of drug-likeness (QED) is 0.836. The van der Waals surface area contributed by atoms with Crippen molar-refractivity contribution < 1.29 is 14.3 Å². The summed E-state index contributed by atoms with van der Waals surface area (Å²) < 4.78 is 5.21. The number of carbonyl (C=O) groups excluding carboxylic acids is 2. The lowest BCUT2D eigenvalue weighted by atomic mass is 9.90. The van der Waals surface area contributed by atoms with E-state index in [1.165, 1.54) is 17.5 Å². The molecule has 0 atom stereocenters. The van der Waals surface area contributed by atoms with E-state index in [0.717, 1.165) is 41.6 Å². The number of hydrogen-bond acceptors (Lipinski definition) is 3. The highest BCUT2D eigenvalue weighted by Crippen LogP contribution is 2.23. The number of ether oxygens (including phenoxy) is 1. The van der Waals surface area contributed by atoms with Gasteiger partial charge >= 0.3 is 5.97 Å². The lowest BCUT2D eigenvalue weighted by Crippen LogP contribution is -2.22. The van der Waals surface area contributed by atoms with Crippen LogP contribution < -0.4 is 5.32 Å². The summed E-state index contributed by atoms with van der Waals surface area (Å²) in [6, 6.07) is 9.73. The van der Waals surface area contributed by atoms with Crippen molar-refractivity contribution in [3.63, 3.8) is 0 Å². The van der Waals surface area contributed by atoms with Gasteiger partial charge in [0.2, 0.25) is 0 Å². The molecule has 0 spiro atoms. The fourth-order valence-corrected chi connectivity index (χ4v) is 3.63. The van der Waals surface area contributed by atoms with Crippen LogP contribution in [-0.2, 0) is 22.4 Å². The molecular weight excluding hydrogens is 326 g/mol. The van der Waals surface area contributed by atoms with E-state index in [1.807, 2.05) is 45.0 Å². The molecule has 0 aromatic heterocycles. The van der Waals surface area contributed by atoms with E-state index < -0.39 is 5.97 Å². The molecule has 2 aromatic carbocycles. The molecule has 0 unspecified atom stereocenters. The SMILES string of the molecule is Cc1cc(C)c(NC(=O)COC(=O)c2ccc3c(c2)CCCC3)c(C)c1. The van der Waals surface area contributed by atoms with Gasteiger partial charge < -0.3 is 10.1 Å². The molecule has 3 rings (SSSR count). The molecule has 1 aliphatic rings. The van der Waals surface area contributed by atoms with Gasteiger partial charge in [-0.3, -0.25) is 4.79 Å². The Hall–Kier alpha value is -2.62. The van der Waals surface area contributed by atoms with Crippen LogP contribution in [0.5, 0.6) is 0 Å². The molecule has 0 fully saturated rings. The van der Waals surface area contributed by atoms with Gasteiger partial charge in [-0.2, -0.15) is 0 Å². The summed E-state index contributed by atoms with van der Waals surface area (Å²) in [6.45, 7) is 5.64. The van der Waals surface area contributed by atoms with Crippen molar-refractivity contribution >= 4 is 17.6 Å². The van der Waals surface area contributed by atoms with Gasteiger partial charge in [-0.1, -0.05) is 23.8 Å². The van der Waals surface area contributed by atoms with E-state index in [-0.39, 0.29) is 12.5 Å². The van der Waals surface area contributed by atoms with Gasteiger partial charge in [0.25, 0.3) is 5.91 Å². The summed E-state index contributed by atoms with van der Waals surface area (Å²) >= 11 is 0. The van der Waals surface area contributed by atoms with Crippen molar-refractivity contribution in [1.29, 1.82) is 0 Å². The molecule has 0 heterocycles. The second-order valence-corrected chi connectivity index (χ2v) is 7.09. The molecule has 26 heavy (non-hydrogen) atoms. The molecule has 0 bridgehead atoms. The minimum absolute atomic E-state index is 0.289. The summed E-state index contributed by atoms with van der Waals surface area (Å²) in [4.78, 5) is 24.4. The molecule has 1 amide bonds. The van der Waals surface area contributed by atoms with Crippen LogP contribution in [0.4, 0.5) is 5.69 Å². The predicted octanol–water partition coefficient (Wildman–Crippen LogP) is 4.29.